The number of benzene rings is 2. The minimum absolute atomic E-state index is 0.267. The number of amides is 2. The number of carbonyl (C=O) groups excluding carboxylic acids is 2. The molecule has 7 heteroatoms. The maximum atomic E-state index is 12.3. The third-order valence-corrected chi connectivity index (χ3v) is 4.19. The number of halogens is 1. The number of fused-ring (bicyclic) bond motifs is 1. The number of para-hydroxylation sites is 1. The van der Waals surface area contributed by atoms with E-state index in [1.165, 1.54) is 19.2 Å². The number of hydrogen-bond acceptors (Lipinski definition) is 4. The van der Waals surface area contributed by atoms with Gasteiger partial charge >= 0.3 is 0 Å². The molecule has 1 unspecified atom stereocenters. The Hall–Kier alpha value is -2.73. The number of ether oxygens (including phenoxy) is 2. The van der Waals surface area contributed by atoms with E-state index in [2.05, 4.69) is 10.9 Å². The molecule has 0 aliphatic carbocycles. The first kappa shape index (κ1) is 17.1. The number of methoxy groups -OCH3 is 1. The zero-order valence-corrected chi connectivity index (χ0v) is 14.3. The van der Waals surface area contributed by atoms with E-state index in [0.29, 0.717) is 17.2 Å². The Balaban J connectivity index is 1.60. The summed E-state index contributed by atoms with van der Waals surface area (Å²) < 4.78 is 10.7. The Bertz CT molecular complexity index is 809. The Morgan fingerprint density at radius 3 is 2.80 bits per heavy atom. The minimum Gasteiger partial charge on any atom is -0.496 e. The predicted molar refractivity (Wildman–Crippen MR) is 92.7 cm³/mol. The molecule has 3 rings (SSSR count). The van der Waals surface area contributed by atoms with Crippen LogP contribution in [-0.4, -0.2) is 25.5 Å². The van der Waals surface area contributed by atoms with E-state index in [9.17, 15) is 9.59 Å². The van der Waals surface area contributed by atoms with Crippen molar-refractivity contribution in [1.29, 1.82) is 0 Å². The van der Waals surface area contributed by atoms with E-state index in [1.807, 2.05) is 24.3 Å². The van der Waals surface area contributed by atoms with Crippen molar-refractivity contribution in [2.24, 2.45) is 5.92 Å². The molecular weight excluding hydrogens is 344 g/mol. The van der Waals surface area contributed by atoms with Gasteiger partial charge in [-0.2, -0.15) is 0 Å². The quantitative estimate of drug-likeness (QED) is 0.824. The van der Waals surface area contributed by atoms with Gasteiger partial charge < -0.3 is 9.47 Å². The van der Waals surface area contributed by atoms with E-state index in [-0.39, 0.29) is 24.0 Å². The SMILES string of the molecule is COc1cc(Cl)ccc1C(=O)NNC(=O)C1COc2ccccc2C1. The third-order valence-electron chi connectivity index (χ3n) is 3.96. The number of hydrogen-bond donors (Lipinski definition) is 2. The fraction of sp³-hybridized carbons (Fsp3) is 0.222. The summed E-state index contributed by atoms with van der Waals surface area (Å²) in [6, 6.07) is 12.2. The highest BCUT2D eigenvalue weighted by Gasteiger charge is 2.26. The smallest absolute Gasteiger partial charge is 0.273 e. The maximum absolute atomic E-state index is 12.3. The van der Waals surface area contributed by atoms with Gasteiger partial charge in [-0.3, -0.25) is 20.4 Å². The Labute approximate surface area is 150 Å². The van der Waals surface area contributed by atoms with Gasteiger partial charge in [0.25, 0.3) is 5.91 Å². The second-order valence-corrected chi connectivity index (χ2v) is 6.04. The van der Waals surface area contributed by atoms with Gasteiger partial charge in [-0.25, -0.2) is 0 Å². The van der Waals surface area contributed by atoms with Gasteiger partial charge in [0.05, 0.1) is 18.6 Å². The van der Waals surface area contributed by atoms with Crippen molar-refractivity contribution in [3.05, 3.63) is 58.6 Å². The summed E-state index contributed by atoms with van der Waals surface area (Å²) >= 11 is 5.88. The normalized spacial score (nSPS) is 15.5. The summed E-state index contributed by atoms with van der Waals surface area (Å²) in [6.45, 7) is 0.267. The van der Waals surface area contributed by atoms with Crippen LogP contribution in [0.3, 0.4) is 0 Å². The Morgan fingerprint density at radius 2 is 2.00 bits per heavy atom. The molecule has 130 valence electrons. The van der Waals surface area contributed by atoms with Gasteiger partial charge in [0, 0.05) is 5.02 Å². The average molecular weight is 361 g/mol. The molecule has 1 heterocycles. The van der Waals surface area contributed by atoms with Gasteiger partial charge in [0.15, 0.2) is 0 Å². The summed E-state index contributed by atoms with van der Waals surface area (Å²) in [4.78, 5) is 24.5. The van der Waals surface area contributed by atoms with Crippen molar-refractivity contribution in [3.63, 3.8) is 0 Å². The lowest BCUT2D eigenvalue weighted by Crippen LogP contribution is -2.47. The van der Waals surface area contributed by atoms with Gasteiger partial charge in [-0.1, -0.05) is 29.8 Å². The summed E-state index contributed by atoms with van der Waals surface area (Å²) in [5, 5.41) is 0.454. The van der Waals surface area contributed by atoms with Crippen LogP contribution in [-0.2, 0) is 11.2 Å². The molecule has 1 aliphatic heterocycles. The van der Waals surface area contributed by atoms with Crippen LogP contribution in [0.25, 0.3) is 0 Å². The summed E-state index contributed by atoms with van der Waals surface area (Å²) in [7, 11) is 1.44. The Kier molecular flexibility index (Phi) is 5.09. The maximum Gasteiger partial charge on any atom is 0.273 e. The molecule has 0 bridgehead atoms. The number of carbonyl (C=O) groups is 2. The fourth-order valence-corrected chi connectivity index (χ4v) is 2.80. The van der Waals surface area contributed by atoms with Gasteiger partial charge in [0.1, 0.15) is 18.1 Å². The first-order valence-electron chi connectivity index (χ1n) is 7.73. The molecule has 1 atom stereocenters. The highest BCUT2D eigenvalue weighted by molar-refractivity contribution is 6.30. The fourth-order valence-electron chi connectivity index (χ4n) is 2.64. The number of nitrogens with one attached hydrogen (secondary N) is 2. The molecule has 0 spiro atoms. The molecule has 2 amide bonds. The zero-order valence-electron chi connectivity index (χ0n) is 13.5. The molecule has 2 N–H and O–H groups in total. The lowest BCUT2D eigenvalue weighted by Gasteiger charge is -2.24. The van der Waals surface area contributed by atoms with Gasteiger partial charge in [0.2, 0.25) is 5.91 Å². The van der Waals surface area contributed by atoms with Crippen LogP contribution in [0.4, 0.5) is 0 Å². The van der Waals surface area contributed by atoms with Crippen LogP contribution in [0, 0.1) is 5.92 Å². The van der Waals surface area contributed by atoms with Crippen LogP contribution in [0.5, 0.6) is 11.5 Å². The lowest BCUT2D eigenvalue weighted by atomic mass is 9.96. The lowest BCUT2D eigenvalue weighted by molar-refractivity contribution is -0.127. The van der Waals surface area contributed by atoms with E-state index in [0.717, 1.165) is 11.3 Å². The molecular formula is C18H17ClN2O4. The molecule has 1 aliphatic rings. The average Bonchev–Trinajstić information content (AvgIpc) is 2.65. The molecule has 0 fully saturated rings. The molecule has 0 radical (unpaired) electrons. The second kappa shape index (κ2) is 7.44. The Morgan fingerprint density at radius 1 is 1.20 bits per heavy atom. The molecule has 0 saturated heterocycles. The van der Waals surface area contributed by atoms with E-state index in [1.54, 1.807) is 6.07 Å². The highest BCUT2D eigenvalue weighted by atomic mass is 35.5. The summed E-state index contributed by atoms with van der Waals surface area (Å²) in [6.07, 6.45) is 0.558. The summed E-state index contributed by atoms with van der Waals surface area (Å²) in [5.74, 6) is -0.0484. The zero-order chi connectivity index (χ0) is 17.8. The predicted octanol–water partition coefficient (Wildman–Crippen LogP) is 2.36. The molecule has 25 heavy (non-hydrogen) atoms. The van der Waals surface area contributed by atoms with E-state index in [4.69, 9.17) is 21.1 Å². The van der Waals surface area contributed by atoms with Crippen LogP contribution in [0.15, 0.2) is 42.5 Å². The van der Waals surface area contributed by atoms with Crippen molar-refractivity contribution in [2.75, 3.05) is 13.7 Å². The third kappa shape index (κ3) is 3.85. The van der Waals surface area contributed by atoms with Crippen molar-refractivity contribution in [1.82, 2.24) is 10.9 Å². The van der Waals surface area contributed by atoms with Crippen molar-refractivity contribution >= 4 is 23.4 Å². The summed E-state index contributed by atoms with van der Waals surface area (Å²) in [5.41, 5.74) is 6.08. The molecule has 6 nitrogen and oxygen atoms in total. The van der Waals surface area contributed by atoms with Crippen LogP contribution in [0.2, 0.25) is 5.02 Å². The first-order valence-corrected chi connectivity index (χ1v) is 8.10. The van der Waals surface area contributed by atoms with E-state index >= 15 is 0 Å². The molecule has 0 saturated carbocycles. The van der Waals surface area contributed by atoms with Crippen LogP contribution < -0.4 is 20.3 Å². The standard InChI is InChI=1S/C18H17ClN2O4/c1-24-16-9-13(19)6-7-14(16)18(23)21-20-17(22)12-8-11-4-2-3-5-15(11)25-10-12/h2-7,9,12H,8,10H2,1H3,(H,20,22)(H,21,23). The monoisotopic (exact) mass is 360 g/mol. The molecule has 2 aromatic rings. The molecule has 0 aromatic heterocycles. The number of hydrazine groups is 1. The first-order chi connectivity index (χ1) is 12.1. The molecule has 2 aromatic carbocycles. The van der Waals surface area contributed by atoms with Crippen molar-refractivity contribution in [2.45, 2.75) is 6.42 Å². The van der Waals surface area contributed by atoms with Gasteiger partial charge in [-0.05, 0) is 36.2 Å². The topological polar surface area (TPSA) is 76.7 Å². The van der Waals surface area contributed by atoms with Crippen molar-refractivity contribution in [3.8, 4) is 11.5 Å². The second-order valence-electron chi connectivity index (χ2n) is 5.61. The van der Waals surface area contributed by atoms with Crippen LogP contribution >= 0.6 is 11.6 Å². The van der Waals surface area contributed by atoms with E-state index < -0.39 is 5.91 Å². The largest absolute Gasteiger partial charge is 0.496 e. The van der Waals surface area contributed by atoms with Crippen LogP contribution in [0.1, 0.15) is 15.9 Å². The number of rotatable bonds is 3. The van der Waals surface area contributed by atoms with Crippen molar-refractivity contribution < 1.29 is 19.1 Å². The highest BCUT2D eigenvalue weighted by Crippen LogP contribution is 2.27. The van der Waals surface area contributed by atoms with Gasteiger partial charge in [-0.15, -0.1) is 0 Å². The minimum atomic E-state index is -0.487.